The zero-order valence-electron chi connectivity index (χ0n) is 11.2. The van der Waals surface area contributed by atoms with Crippen molar-refractivity contribution in [3.05, 3.63) is 54.0 Å². The van der Waals surface area contributed by atoms with Crippen LogP contribution in [0.4, 0.5) is 5.82 Å². The lowest BCUT2D eigenvalue weighted by molar-refractivity contribution is 0.629. The molecule has 1 N–H and O–H groups in total. The Labute approximate surface area is 114 Å². The molecule has 1 fully saturated rings. The van der Waals surface area contributed by atoms with Crippen molar-refractivity contribution in [1.82, 2.24) is 9.97 Å². The summed E-state index contributed by atoms with van der Waals surface area (Å²) < 4.78 is 0. The van der Waals surface area contributed by atoms with Crippen molar-refractivity contribution in [2.75, 3.05) is 5.32 Å². The van der Waals surface area contributed by atoms with E-state index in [1.807, 2.05) is 13.1 Å². The molecule has 98 valence electrons. The van der Waals surface area contributed by atoms with Gasteiger partial charge in [0.1, 0.15) is 5.82 Å². The van der Waals surface area contributed by atoms with Crippen LogP contribution in [0.5, 0.6) is 0 Å². The smallest absolute Gasteiger partial charge is 0.145 e. The van der Waals surface area contributed by atoms with Gasteiger partial charge in [-0.25, -0.2) is 4.98 Å². The van der Waals surface area contributed by atoms with E-state index < -0.39 is 0 Å². The summed E-state index contributed by atoms with van der Waals surface area (Å²) in [4.78, 5) is 8.69. The number of anilines is 1. The molecule has 1 unspecified atom stereocenters. The van der Waals surface area contributed by atoms with Gasteiger partial charge in [-0.1, -0.05) is 30.3 Å². The monoisotopic (exact) mass is 253 g/mol. The van der Waals surface area contributed by atoms with Crippen molar-refractivity contribution in [2.45, 2.75) is 32.2 Å². The molecular formula is C16H19N3. The van der Waals surface area contributed by atoms with Crippen molar-refractivity contribution < 1.29 is 0 Å². The quantitative estimate of drug-likeness (QED) is 0.889. The minimum absolute atomic E-state index is 0.471. The molecule has 0 saturated heterocycles. The van der Waals surface area contributed by atoms with Gasteiger partial charge in [0.2, 0.25) is 0 Å². The standard InChI is InChI=1S/C16H19N3/c1-12-10-17-11-16(18-12)19-15(14-7-8-14)9-13-5-3-2-4-6-13/h2-6,10-11,14-15H,7-9H2,1H3,(H,18,19). The summed E-state index contributed by atoms with van der Waals surface area (Å²) in [6, 6.07) is 11.1. The number of rotatable bonds is 5. The fourth-order valence-corrected chi connectivity index (χ4v) is 2.43. The summed E-state index contributed by atoms with van der Waals surface area (Å²) in [5, 5.41) is 3.56. The Morgan fingerprint density at radius 3 is 2.68 bits per heavy atom. The van der Waals surface area contributed by atoms with Gasteiger partial charge >= 0.3 is 0 Å². The fourth-order valence-electron chi connectivity index (χ4n) is 2.43. The highest BCUT2D eigenvalue weighted by molar-refractivity contribution is 5.35. The van der Waals surface area contributed by atoms with Crippen LogP contribution in [-0.2, 0) is 6.42 Å². The van der Waals surface area contributed by atoms with E-state index in [0.717, 1.165) is 23.9 Å². The van der Waals surface area contributed by atoms with Gasteiger partial charge in [0, 0.05) is 12.2 Å². The van der Waals surface area contributed by atoms with Crippen molar-refractivity contribution >= 4 is 5.82 Å². The summed E-state index contributed by atoms with van der Waals surface area (Å²) >= 11 is 0. The molecule has 2 aromatic rings. The number of nitrogens with zero attached hydrogens (tertiary/aromatic N) is 2. The van der Waals surface area contributed by atoms with Crippen LogP contribution >= 0.6 is 0 Å². The molecule has 19 heavy (non-hydrogen) atoms. The number of benzene rings is 1. The average Bonchev–Trinajstić information content (AvgIpc) is 3.23. The van der Waals surface area contributed by atoms with Gasteiger partial charge in [0.25, 0.3) is 0 Å². The molecule has 1 aliphatic carbocycles. The Bertz CT molecular complexity index is 535. The molecule has 1 atom stereocenters. The van der Waals surface area contributed by atoms with Crippen molar-refractivity contribution in [2.24, 2.45) is 5.92 Å². The summed E-state index contributed by atoms with van der Waals surface area (Å²) in [5.74, 6) is 1.68. The molecule has 0 radical (unpaired) electrons. The lowest BCUT2D eigenvalue weighted by Gasteiger charge is -2.19. The third kappa shape index (κ3) is 3.31. The molecule has 0 amide bonds. The maximum absolute atomic E-state index is 4.49. The van der Waals surface area contributed by atoms with E-state index >= 15 is 0 Å². The predicted molar refractivity (Wildman–Crippen MR) is 77.0 cm³/mol. The second kappa shape index (κ2) is 5.39. The molecule has 0 aliphatic heterocycles. The number of hydrogen-bond donors (Lipinski definition) is 1. The van der Waals surface area contributed by atoms with Crippen LogP contribution in [0.3, 0.4) is 0 Å². The van der Waals surface area contributed by atoms with Gasteiger partial charge in [0.05, 0.1) is 11.9 Å². The molecule has 1 aromatic heterocycles. The summed E-state index contributed by atoms with van der Waals surface area (Å²) in [5.41, 5.74) is 2.34. The van der Waals surface area contributed by atoms with E-state index in [9.17, 15) is 0 Å². The predicted octanol–water partition coefficient (Wildman–Crippen LogP) is 3.22. The highest BCUT2D eigenvalue weighted by Crippen LogP contribution is 2.35. The summed E-state index contributed by atoms with van der Waals surface area (Å²) in [7, 11) is 0. The van der Waals surface area contributed by atoms with Gasteiger partial charge in [-0.3, -0.25) is 4.98 Å². The topological polar surface area (TPSA) is 37.8 Å². The lowest BCUT2D eigenvalue weighted by atomic mass is 10.0. The SMILES string of the molecule is Cc1cncc(NC(Cc2ccccc2)C2CC2)n1. The molecule has 3 rings (SSSR count). The molecule has 1 aliphatic rings. The Balaban J connectivity index is 1.71. The molecular weight excluding hydrogens is 234 g/mol. The maximum Gasteiger partial charge on any atom is 0.145 e. The van der Waals surface area contributed by atoms with Gasteiger partial charge in [0.15, 0.2) is 0 Å². The van der Waals surface area contributed by atoms with E-state index in [1.54, 1.807) is 6.20 Å². The maximum atomic E-state index is 4.49. The normalized spacial score (nSPS) is 16.1. The first-order valence-corrected chi connectivity index (χ1v) is 6.90. The van der Waals surface area contributed by atoms with Crippen LogP contribution < -0.4 is 5.32 Å². The Morgan fingerprint density at radius 2 is 2.00 bits per heavy atom. The highest BCUT2D eigenvalue weighted by Gasteiger charge is 2.31. The van der Waals surface area contributed by atoms with E-state index in [1.165, 1.54) is 18.4 Å². The number of aromatic nitrogens is 2. The first-order valence-electron chi connectivity index (χ1n) is 6.90. The molecule has 1 heterocycles. The highest BCUT2D eigenvalue weighted by atomic mass is 15.0. The van der Waals surface area contributed by atoms with Crippen LogP contribution in [0.15, 0.2) is 42.7 Å². The van der Waals surface area contributed by atoms with Gasteiger partial charge < -0.3 is 5.32 Å². The first-order chi connectivity index (χ1) is 9.31. The zero-order chi connectivity index (χ0) is 13.1. The van der Waals surface area contributed by atoms with Gasteiger partial charge in [-0.05, 0) is 37.7 Å². The Kier molecular flexibility index (Phi) is 3.45. The van der Waals surface area contributed by atoms with Crippen molar-refractivity contribution in [1.29, 1.82) is 0 Å². The van der Waals surface area contributed by atoms with Crippen molar-refractivity contribution in [3.8, 4) is 0 Å². The van der Waals surface area contributed by atoms with Crippen molar-refractivity contribution in [3.63, 3.8) is 0 Å². The fraction of sp³-hybridized carbons (Fsp3) is 0.375. The van der Waals surface area contributed by atoms with Crippen LogP contribution in [-0.4, -0.2) is 16.0 Å². The van der Waals surface area contributed by atoms with E-state index in [2.05, 4.69) is 45.6 Å². The summed E-state index contributed by atoms with van der Waals surface area (Å²) in [6.45, 7) is 1.97. The van der Waals surface area contributed by atoms with E-state index in [0.29, 0.717) is 6.04 Å². The second-order valence-corrected chi connectivity index (χ2v) is 5.32. The molecule has 1 saturated carbocycles. The lowest BCUT2D eigenvalue weighted by Crippen LogP contribution is -2.25. The molecule has 0 spiro atoms. The minimum atomic E-state index is 0.471. The zero-order valence-corrected chi connectivity index (χ0v) is 11.2. The van der Waals surface area contributed by atoms with Crippen LogP contribution in [0, 0.1) is 12.8 Å². The minimum Gasteiger partial charge on any atom is -0.365 e. The molecule has 3 nitrogen and oxygen atoms in total. The Hall–Kier alpha value is -1.90. The Morgan fingerprint density at radius 1 is 1.21 bits per heavy atom. The van der Waals surface area contributed by atoms with Crippen LogP contribution in [0.25, 0.3) is 0 Å². The van der Waals surface area contributed by atoms with Gasteiger partial charge in [-0.2, -0.15) is 0 Å². The van der Waals surface area contributed by atoms with Gasteiger partial charge in [-0.15, -0.1) is 0 Å². The average molecular weight is 253 g/mol. The number of nitrogens with one attached hydrogen (secondary N) is 1. The van der Waals surface area contributed by atoms with Crippen LogP contribution in [0.1, 0.15) is 24.1 Å². The number of hydrogen-bond acceptors (Lipinski definition) is 3. The van der Waals surface area contributed by atoms with Crippen LogP contribution in [0.2, 0.25) is 0 Å². The third-order valence-electron chi connectivity index (χ3n) is 3.58. The second-order valence-electron chi connectivity index (χ2n) is 5.32. The first kappa shape index (κ1) is 12.2. The molecule has 3 heteroatoms. The van der Waals surface area contributed by atoms with E-state index in [-0.39, 0.29) is 0 Å². The largest absolute Gasteiger partial charge is 0.365 e. The molecule has 1 aromatic carbocycles. The van der Waals surface area contributed by atoms with E-state index in [4.69, 9.17) is 0 Å². The third-order valence-corrected chi connectivity index (χ3v) is 3.58. The molecule has 0 bridgehead atoms. The number of aryl methyl sites for hydroxylation is 1. The summed E-state index contributed by atoms with van der Waals surface area (Å²) in [6.07, 6.45) is 7.30.